The van der Waals surface area contributed by atoms with Gasteiger partial charge in [0.1, 0.15) is 11.6 Å². The zero-order valence-corrected chi connectivity index (χ0v) is 18.7. The topological polar surface area (TPSA) is 74.7 Å². The lowest BCUT2D eigenvalue weighted by molar-refractivity contribution is -0.0251. The highest BCUT2D eigenvalue weighted by Crippen LogP contribution is 2.44. The van der Waals surface area contributed by atoms with Crippen LogP contribution < -0.4 is 10.1 Å². The normalized spacial score (nSPS) is 15.8. The van der Waals surface area contributed by atoms with Crippen molar-refractivity contribution in [1.82, 2.24) is 9.88 Å². The van der Waals surface area contributed by atoms with E-state index in [1.165, 1.54) is 19.2 Å². The Morgan fingerprint density at radius 1 is 1.24 bits per heavy atom. The molecule has 180 valence electrons. The van der Waals surface area contributed by atoms with E-state index < -0.39 is 35.6 Å². The highest BCUT2D eigenvalue weighted by atomic mass is 19.3. The van der Waals surface area contributed by atoms with Gasteiger partial charge in [-0.05, 0) is 26.0 Å². The molecule has 1 aliphatic heterocycles. The molecule has 0 spiro atoms. The summed E-state index contributed by atoms with van der Waals surface area (Å²) in [5.41, 5.74) is -0.785. The molecule has 0 saturated carbocycles. The molecule has 0 radical (unpaired) electrons. The molecule has 0 bridgehead atoms. The van der Waals surface area contributed by atoms with Crippen LogP contribution in [0, 0.1) is 12.7 Å². The van der Waals surface area contributed by atoms with Crippen molar-refractivity contribution in [1.29, 1.82) is 0 Å². The number of methoxy groups -OCH3 is 1. The molecule has 10 heteroatoms. The lowest BCUT2D eigenvalue weighted by Crippen LogP contribution is -2.58. The summed E-state index contributed by atoms with van der Waals surface area (Å²) in [4.78, 5) is 16.6. The maximum atomic E-state index is 15.6. The van der Waals surface area contributed by atoms with Crippen LogP contribution in [-0.4, -0.2) is 41.3 Å². The Hall–Kier alpha value is -3.56. The summed E-state index contributed by atoms with van der Waals surface area (Å²) in [6, 6.07) is 7.94. The second-order valence-corrected chi connectivity index (χ2v) is 8.40. The number of aromatic nitrogens is 1. The van der Waals surface area contributed by atoms with E-state index in [9.17, 15) is 18.0 Å². The number of anilines is 1. The molecule has 0 unspecified atom stereocenters. The molecule has 6 nitrogen and oxygen atoms in total. The summed E-state index contributed by atoms with van der Waals surface area (Å²) < 4.78 is 61.9. The van der Waals surface area contributed by atoms with E-state index in [4.69, 9.17) is 9.84 Å². The molecule has 4 rings (SSSR count). The third-order valence-electron chi connectivity index (χ3n) is 6.03. The average Bonchev–Trinajstić information content (AvgIpc) is 2.75. The second kappa shape index (κ2) is 8.66. The smallest absolute Gasteiger partial charge is 0.407 e. The minimum absolute atomic E-state index is 0.0622. The summed E-state index contributed by atoms with van der Waals surface area (Å²) in [5, 5.41) is 12.7. The number of pyridine rings is 1. The lowest BCUT2D eigenvalue weighted by atomic mass is 9.86. The number of benzene rings is 2. The molecule has 2 N–H and O–H groups in total. The first-order valence-electron chi connectivity index (χ1n) is 10.5. The molecule has 2 aromatic carbocycles. The van der Waals surface area contributed by atoms with Crippen LogP contribution in [0.15, 0.2) is 36.4 Å². The highest BCUT2D eigenvalue weighted by molar-refractivity contribution is 5.93. The van der Waals surface area contributed by atoms with Gasteiger partial charge in [0.15, 0.2) is 5.67 Å². The first-order chi connectivity index (χ1) is 16.0. The fraction of sp³-hybridized carbons (Fsp3) is 0.333. The number of likely N-dealkylation sites (tertiary alicyclic amines) is 1. The average molecular weight is 477 g/mol. The maximum Gasteiger partial charge on any atom is 0.407 e. The Morgan fingerprint density at radius 2 is 1.91 bits per heavy atom. The van der Waals surface area contributed by atoms with Gasteiger partial charge in [-0.2, -0.15) is 0 Å². The number of nitrogens with one attached hydrogen (secondary N) is 1. The van der Waals surface area contributed by atoms with Crippen molar-refractivity contribution in [3.8, 4) is 5.75 Å². The van der Waals surface area contributed by atoms with Crippen molar-refractivity contribution in [2.45, 2.75) is 32.0 Å². The van der Waals surface area contributed by atoms with Gasteiger partial charge < -0.3 is 20.1 Å². The molecule has 1 saturated heterocycles. The molecule has 1 aromatic heterocycles. The number of hydrogen-bond donors (Lipinski definition) is 2. The van der Waals surface area contributed by atoms with Gasteiger partial charge in [-0.3, -0.25) is 4.98 Å². The summed E-state index contributed by atoms with van der Waals surface area (Å²) in [6.45, 7) is 2.70. The van der Waals surface area contributed by atoms with E-state index in [2.05, 4.69) is 10.3 Å². The molecule has 1 fully saturated rings. The number of halogens is 4. The highest BCUT2D eigenvalue weighted by Gasteiger charge is 2.49. The minimum Gasteiger partial charge on any atom is -0.496 e. The van der Waals surface area contributed by atoms with Crippen molar-refractivity contribution in [2.24, 2.45) is 0 Å². The molecular weight excluding hydrogens is 454 g/mol. The number of nitrogens with zero attached hydrogens (tertiary/aromatic N) is 2. The summed E-state index contributed by atoms with van der Waals surface area (Å²) >= 11 is 0. The standard InChI is InChI=1S/C24H23F4N3O3/c1-12-7-18(30-13(2)14-5-4-6-15(21(14)25)22(26)27)16-8-17(20(34-3)9-19(16)29-12)24(28)10-31(11-24)23(32)33/h4-9,13,22H,10-11H2,1-3H3,(H,29,30)(H,32,33)/t13-/m1/s1. The lowest BCUT2D eigenvalue weighted by Gasteiger charge is -2.43. The van der Waals surface area contributed by atoms with Gasteiger partial charge in [-0.1, -0.05) is 18.2 Å². The number of aryl methyl sites for hydroxylation is 1. The van der Waals surface area contributed by atoms with Crippen molar-refractivity contribution in [3.63, 3.8) is 0 Å². The third-order valence-corrected chi connectivity index (χ3v) is 6.03. The monoisotopic (exact) mass is 477 g/mol. The summed E-state index contributed by atoms with van der Waals surface area (Å²) in [5.74, 6) is -0.756. The van der Waals surface area contributed by atoms with E-state index in [0.29, 0.717) is 22.3 Å². The predicted molar refractivity (Wildman–Crippen MR) is 119 cm³/mol. The number of carboxylic acid groups (broad SMARTS) is 1. The van der Waals surface area contributed by atoms with Crippen LogP contribution in [0.5, 0.6) is 5.75 Å². The van der Waals surface area contributed by atoms with E-state index in [1.54, 1.807) is 32.0 Å². The number of fused-ring (bicyclic) bond motifs is 1. The Balaban J connectivity index is 1.76. The van der Waals surface area contributed by atoms with Crippen LogP contribution in [-0.2, 0) is 5.67 Å². The van der Waals surface area contributed by atoms with Crippen molar-refractivity contribution < 1.29 is 32.2 Å². The first kappa shape index (κ1) is 23.6. The van der Waals surface area contributed by atoms with Gasteiger partial charge >= 0.3 is 6.09 Å². The largest absolute Gasteiger partial charge is 0.496 e. The van der Waals surface area contributed by atoms with Gasteiger partial charge in [0.05, 0.1) is 37.3 Å². The molecular formula is C24H23F4N3O3. The van der Waals surface area contributed by atoms with Gasteiger partial charge in [0.25, 0.3) is 6.43 Å². The molecule has 34 heavy (non-hydrogen) atoms. The van der Waals surface area contributed by atoms with E-state index in [0.717, 1.165) is 11.0 Å². The van der Waals surface area contributed by atoms with Crippen LogP contribution in [0.3, 0.4) is 0 Å². The number of rotatable bonds is 6. The van der Waals surface area contributed by atoms with Crippen molar-refractivity contribution in [2.75, 3.05) is 25.5 Å². The number of hydrogen-bond acceptors (Lipinski definition) is 4. The molecule has 3 aromatic rings. The van der Waals surface area contributed by atoms with Gasteiger partial charge in [-0.15, -0.1) is 0 Å². The fourth-order valence-electron chi connectivity index (χ4n) is 4.27. The Bertz CT molecular complexity index is 1260. The number of ether oxygens (including phenoxy) is 1. The van der Waals surface area contributed by atoms with Crippen molar-refractivity contribution >= 4 is 22.7 Å². The SMILES string of the molecule is COc1cc2nc(C)cc(N[C@H](C)c3cccc(C(F)F)c3F)c2cc1C1(F)CN(C(=O)O)C1. The number of alkyl halides is 3. The Kier molecular flexibility index (Phi) is 6.01. The number of carbonyl (C=O) groups is 1. The van der Waals surface area contributed by atoms with Crippen molar-refractivity contribution in [3.05, 3.63) is 64.6 Å². The van der Waals surface area contributed by atoms with E-state index in [1.807, 2.05) is 0 Å². The van der Waals surface area contributed by atoms with Crippen LogP contribution in [0.4, 0.5) is 28.0 Å². The van der Waals surface area contributed by atoms with Gasteiger partial charge in [0.2, 0.25) is 0 Å². The summed E-state index contributed by atoms with van der Waals surface area (Å²) in [7, 11) is 1.39. The summed E-state index contributed by atoms with van der Waals surface area (Å²) in [6.07, 6.45) is -4.16. The quantitative estimate of drug-likeness (QED) is 0.429. The Labute approximate surface area is 193 Å². The Morgan fingerprint density at radius 3 is 2.53 bits per heavy atom. The van der Waals surface area contributed by atoms with Crippen LogP contribution in [0.1, 0.15) is 41.8 Å². The van der Waals surface area contributed by atoms with Crippen LogP contribution >= 0.6 is 0 Å². The fourth-order valence-corrected chi connectivity index (χ4v) is 4.27. The minimum atomic E-state index is -2.94. The molecule has 1 amide bonds. The molecule has 1 aliphatic rings. The molecule has 0 aliphatic carbocycles. The molecule has 1 atom stereocenters. The van der Waals surface area contributed by atoms with E-state index in [-0.39, 0.29) is 30.0 Å². The van der Waals surface area contributed by atoms with Crippen LogP contribution in [0.25, 0.3) is 10.9 Å². The first-order valence-corrected chi connectivity index (χ1v) is 10.5. The van der Waals surface area contributed by atoms with E-state index >= 15 is 4.39 Å². The molecule has 2 heterocycles. The van der Waals surface area contributed by atoms with Crippen LogP contribution in [0.2, 0.25) is 0 Å². The maximum absolute atomic E-state index is 15.6. The third kappa shape index (κ3) is 4.08. The predicted octanol–water partition coefficient (Wildman–Crippen LogP) is 5.96. The van der Waals surface area contributed by atoms with Gasteiger partial charge in [-0.25, -0.2) is 22.4 Å². The van der Waals surface area contributed by atoms with Gasteiger partial charge in [0, 0.05) is 34.0 Å². The second-order valence-electron chi connectivity index (χ2n) is 8.40. The zero-order valence-electron chi connectivity index (χ0n) is 18.7. The zero-order chi connectivity index (χ0) is 24.8. The number of amides is 1.